The lowest BCUT2D eigenvalue weighted by molar-refractivity contribution is 0.556. The molecule has 0 aromatic rings. The van der Waals surface area contributed by atoms with Crippen molar-refractivity contribution in [3.8, 4) is 0 Å². The SMILES string of the molecule is CC(C)/C=C\CC1CCCC1. The highest BCUT2D eigenvalue weighted by Gasteiger charge is 2.12. The van der Waals surface area contributed by atoms with Crippen molar-refractivity contribution >= 4 is 0 Å². The molecule has 0 atom stereocenters. The van der Waals surface area contributed by atoms with Crippen molar-refractivity contribution in [3.63, 3.8) is 0 Å². The molecule has 0 bridgehead atoms. The summed E-state index contributed by atoms with van der Waals surface area (Å²) in [6.45, 7) is 4.48. The largest absolute Gasteiger partial charge is 0.0880 e. The highest BCUT2D eigenvalue weighted by atomic mass is 14.2. The maximum Gasteiger partial charge on any atom is -0.0290 e. The average molecular weight is 152 g/mol. The minimum absolute atomic E-state index is 0.733. The molecule has 0 aromatic heterocycles. The molecule has 0 radical (unpaired) electrons. The van der Waals surface area contributed by atoms with Crippen LogP contribution in [-0.2, 0) is 0 Å². The second-order valence-electron chi connectivity index (χ2n) is 4.06. The van der Waals surface area contributed by atoms with Crippen molar-refractivity contribution in [3.05, 3.63) is 12.2 Å². The van der Waals surface area contributed by atoms with Crippen LogP contribution in [0, 0.1) is 11.8 Å². The highest BCUT2D eigenvalue weighted by molar-refractivity contribution is 4.87. The summed E-state index contributed by atoms with van der Waals surface area (Å²) >= 11 is 0. The molecule has 0 unspecified atom stereocenters. The van der Waals surface area contributed by atoms with E-state index in [4.69, 9.17) is 0 Å². The monoisotopic (exact) mass is 152 g/mol. The quantitative estimate of drug-likeness (QED) is 0.540. The molecule has 0 nitrogen and oxygen atoms in total. The molecular formula is C11H20. The van der Waals surface area contributed by atoms with Gasteiger partial charge in [-0.15, -0.1) is 0 Å². The van der Waals surface area contributed by atoms with Crippen molar-refractivity contribution in [1.29, 1.82) is 0 Å². The van der Waals surface area contributed by atoms with Crippen LogP contribution < -0.4 is 0 Å². The van der Waals surface area contributed by atoms with Crippen LogP contribution in [0.25, 0.3) is 0 Å². The molecule has 1 saturated carbocycles. The maximum atomic E-state index is 2.38. The van der Waals surface area contributed by atoms with Gasteiger partial charge in [0.2, 0.25) is 0 Å². The Hall–Kier alpha value is -0.260. The lowest BCUT2D eigenvalue weighted by atomic mass is 10.0. The first-order chi connectivity index (χ1) is 5.29. The van der Waals surface area contributed by atoms with Gasteiger partial charge in [0.05, 0.1) is 0 Å². The Morgan fingerprint density at radius 2 is 1.91 bits per heavy atom. The fraction of sp³-hybridized carbons (Fsp3) is 0.818. The third-order valence-corrected chi connectivity index (χ3v) is 2.47. The predicted molar refractivity (Wildman–Crippen MR) is 50.6 cm³/mol. The summed E-state index contributed by atoms with van der Waals surface area (Å²) in [5, 5.41) is 0. The number of allylic oxidation sites excluding steroid dienone is 2. The van der Waals surface area contributed by atoms with Crippen LogP contribution in [0.4, 0.5) is 0 Å². The van der Waals surface area contributed by atoms with Gasteiger partial charge >= 0.3 is 0 Å². The lowest BCUT2D eigenvalue weighted by Crippen LogP contribution is -1.89. The Balaban J connectivity index is 2.10. The summed E-state index contributed by atoms with van der Waals surface area (Å²) in [6, 6.07) is 0. The molecule has 0 saturated heterocycles. The fourth-order valence-corrected chi connectivity index (χ4v) is 1.79. The van der Waals surface area contributed by atoms with Crippen LogP contribution in [-0.4, -0.2) is 0 Å². The number of hydrogen-bond acceptors (Lipinski definition) is 0. The van der Waals surface area contributed by atoms with Crippen LogP contribution in [0.2, 0.25) is 0 Å². The Morgan fingerprint density at radius 1 is 1.27 bits per heavy atom. The van der Waals surface area contributed by atoms with Gasteiger partial charge in [0, 0.05) is 0 Å². The van der Waals surface area contributed by atoms with Gasteiger partial charge in [0.25, 0.3) is 0 Å². The molecule has 11 heavy (non-hydrogen) atoms. The normalized spacial score (nSPS) is 20.6. The molecule has 1 rings (SSSR count). The number of hydrogen-bond donors (Lipinski definition) is 0. The molecule has 1 aliphatic carbocycles. The number of rotatable bonds is 3. The zero-order chi connectivity index (χ0) is 8.10. The molecule has 0 heterocycles. The van der Waals surface area contributed by atoms with Gasteiger partial charge in [0.15, 0.2) is 0 Å². The van der Waals surface area contributed by atoms with E-state index < -0.39 is 0 Å². The topological polar surface area (TPSA) is 0 Å². The zero-order valence-corrected chi connectivity index (χ0v) is 7.84. The molecule has 1 aliphatic rings. The Morgan fingerprint density at radius 3 is 2.45 bits per heavy atom. The first kappa shape index (κ1) is 8.83. The van der Waals surface area contributed by atoms with Crippen LogP contribution in [0.3, 0.4) is 0 Å². The molecule has 0 spiro atoms. The molecule has 0 aliphatic heterocycles. The predicted octanol–water partition coefficient (Wildman–Crippen LogP) is 3.78. The van der Waals surface area contributed by atoms with Crippen LogP contribution in [0.1, 0.15) is 46.0 Å². The average Bonchev–Trinajstić information content (AvgIpc) is 2.39. The lowest BCUT2D eigenvalue weighted by Gasteiger charge is -2.03. The molecule has 0 N–H and O–H groups in total. The van der Waals surface area contributed by atoms with E-state index in [1.807, 2.05) is 0 Å². The third kappa shape index (κ3) is 3.60. The second-order valence-corrected chi connectivity index (χ2v) is 4.06. The summed E-state index contributed by atoms with van der Waals surface area (Å²) in [5.41, 5.74) is 0. The summed E-state index contributed by atoms with van der Waals surface area (Å²) in [5.74, 6) is 1.75. The summed E-state index contributed by atoms with van der Waals surface area (Å²) in [6.07, 6.45) is 11.9. The Kier molecular flexibility index (Phi) is 3.68. The standard InChI is InChI=1S/C11H20/c1-10(2)6-5-9-11-7-3-4-8-11/h5-6,10-11H,3-4,7-9H2,1-2H3/b6-5-. The molecule has 0 aromatic carbocycles. The molecule has 0 amide bonds. The van der Waals surface area contributed by atoms with Crippen molar-refractivity contribution in [2.24, 2.45) is 11.8 Å². The molecule has 64 valence electrons. The Labute approximate surface area is 70.7 Å². The second kappa shape index (κ2) is 4.58. The van der Waals surface area contributed by atoms with E-state index in [-0.39, 0.29) is 0 Å². The summed E-state index contributed by atoms with van der Waals surface area (Å²) < 4.78 is 0. The third-order valence-electron chi connectivity index (χ3n) is 2.47. The minimum atomic E-state index is 0.733. The van der Waals surface area contributed by atoms with Crippen LogP contribution in [0.15, 0.2) is 12.2 Å². The van der Waals surface area contributed by atoms with E-state index in [2.05, 4.69) is 26.0 Å². The van der Waals surface area contributed by atoms with Gasteiger partial charge in [-0.1, -0.05) is 51.7 Å². The van der Waals surface area contributed by atoms with Crippen molar-refractivity contribution in [2.45, 2.75) is 46.0 Å². The molecule has 1 fully saturated rings. The van der Waals surface area contributed by atoms with E-state index in [1.54, 1.807) is 0 Å². The van der Waals surface area contributed by atoms with E-state index in [9.17, 15) is 0 Å². The van der Waals surface area contributed by atoms with E-state index in [0.29, 0.717) is 0 Å². The van der Waals surface area contributed by atoms with Crippen molar-refractivity contribution in [2.75, 3.05) is 0 Å². The summed E-state index contributed by atoms with van der Waals surface area (Å²) in [4.78, 5) is 0. The van der Waals surface area contributed by atoms with Gasteiger partial charge < -0.3 is 0 Å². The van der Waals surface area contributed by atoms with Gasteiger partial charge in [-0.05, 0) is 18.3 Å². The maximum absolute atomic E-state index is 2.38. The van der Waals surface area contributed by atoms with Crippen molar-refractivity contribution < 1.29 is 0 Å². The highest BCUT2D eigenvalue weighted by Crippen LogP contribution is 2.27. The van der Waals surface area contributed by atoms with Gasteiger partial charge in [-0.3, -0.25) is 0 Å². The zero-order valence-electron chi connectivity index (χ0n) is 7.84. The summed E-state index contributed by atoms with van der Waals surface area (Å²) in [7, 11) is 0. The first-order valence-electron chi connectivity index (χ1n) is 4.95. The minimum Gasteiger partial charge on any atom is -0.0880 e. The van der Waals surface area contributed by atoms with Gasteiger partial charge in [-0.2, -0.15) is 0 Å². The first-order valence-corrected chi connectivity index (χ1v) is 4.95. The van der Waals surface area contributed by atoms with Gasteiger partial charge in [0.1, 0.15) is 0 Å². The van der Waals surface area contributed by atoms with Crippen LogP contribution >= 0.6 is 0 Å². The Bertz CT molecular complexity index is 116. The fourth-order valence-electron chi connectivity index (χ4n) is 1.79. The van der Waals surface area contributed by atoms with Gasteiger partial charge in [-0.25, -0.2) is 0 Å². The van der Waals surface area contributed by atoms with Crippen molar-refractivity contribution in [1.82, 2.24) is 0 Å². The molecule has 0 heteroatoms. The molecular weight excluding hydrogens is 132 g/mol. The van der Waals surface area contributed by atoms with E-state index in [0.717, 1.165) is 11.8 Å². The van der Waals surface area contributed by atoms with Crippen LogP contribution in [0.5, 0.6) is 0 Å². The van der Waals surface area contributed by atoms with E-state index in [1.165, 1.54) is 32.1 Å². The van der Waals surface area contributed by atoms with E-state index >= 15 is 0 Å². The smallest absolute Gasteiger partial charge is 0.0290 e.